The van der Waals surface area contributed by atoms with E-state index in [0.717, 1.165) is 5.56 Å². The van der Waals surface area contributed by atoms with Crippen LogP contribution in [0.3, 0.4) is 0 Å². The summed E-state index contributed by atoms with van der Waals surface area (Å²) in [7, 11) is 0. The third-order valence-electron chi connectivity index (χ3n) is 2.99. The van der Waals surface area contributed by atoms with Crippen molar-refractivity contribution < 1.29 is 14.3 Å². The fourth-order valence-corrected chi connectivity index (χ4v) is 1.97. The molecule has 0 aliphatic carbocycles. The van der Waals surface area contributed by atoms with Gasteiger partial charge < -0.3 is 9.64 Å². The number of cyclic esters (lactones) is 1. The summed E-state index contributed by atoms with van der Waals surface area (Å²) in [5.41, 5.74) is 1.02. The largest absolute Gasteiger partial charge is 0.451 e. The number of hydrogen-bond acceptors (Lipinski definition) is 3. The highest BCUT2D eigenvalue weighted by Gasteiger charge is 2.34. The minimum atomic E-state index is -0.678. The lowest BCUT2D eigenvalue weighted by Crippen LogP contribution is -2.49. The van der Waals surface area contributed by atoms with Gasteiger partial charge in [0.25, 0.3) is 5.91 Å². The summed E-state index contributed by atoms with van der Waals surface area (Å²) in [4.78, 5) is 24.8. The maximum atomic E-state index is 11.9. The monoisotopic (exact) mass is 233 g/mol. The van der Waals surface area contributed by atoms with Gasteiger partial charge in [-0.1, -0.05) is 30.3 Å². The maximum absolute atomic E-state index is 11.9. The van der Waals surface area contributed by atoms with Crippen LogP contribution in [0, 0.1) is 0 Å². The molecule has 4 heteroatoms. The minimum Gasteiger partial charge on any atom is -0.451 e. The first-order valence-electron chi connectivity index (χ1n) is 5.64. The quantitative estimate of drug-likeness (QED) is 0.728. The molecule has 2 atom stereocenters. The molecule has 1 heterocycles. The summed E-state index contributed by atoms with van der Waals surface area (Å²) in [5.74, 6) is -0.485. The summed E-state index contributed by atoms with van der Waals surface area (Å²) in [6.07, 6.45) is -0.678. The van der Waals surface area contributed by atoms with Gasteiger partial charge in [-0.05, 0) is 19.4 Å². The van der Waals surface area contributed by atoms with E-state index in [0.29, 0.717) is 0 Å². The van der Waals surface area contributed by atoms with Gasteiger partial charge in [-0.25, -0.2) is 0 Å². The Morgan fingerprint density at radius 1 is 1.29 bits per heavy atom. The third kappa shape index (κ3) is 2.30. The van der Waals surface area contributed by atoms with Crippen LogP contribution in [0.1, 0.15) is 25.5 Å². The Hall–Kier alpha value is -1.84. The lowest BCUT2D eigenvalue weighted by Gasteiger charge is -2.34. The molecular weight excluding hydrogens is 218 g/mol. The topological polar surface area (TPSA) is 46.6 Å². The molecule has 17 heavy (non-hydrogen) atoms. The zero-order valence-electron chi connectivity index (χ0n) is 9.92. The summed E-state index contributed by atoms with van der Waals surface area (Å²) in [6.45, 7) is 3.54. The summed E-state index contributed by atoms with van der Waals surface area (Å²) in [6, 6.07) is 9.54. The number of carbonyl (C=O) groups is 2. The van der Waals surface area contributed by atoms with Crippen molar-refractivity contribution in [3.8, 4) is 0 Å². The van der Waals surface area contributed by atoms with Crippen molar-refractivity contribution in [2.75, 3.05) is 6.54 Å². The first kappa shape index (κ1) is 11.6. The highest BCUT2D eigenvalue weighted by Crippen LogP contribution is 2.23. The standard InChI is InChI=1S/C13H15NO3/c1-9(11-6-4-3-5-7-11)14-8-12(15)17-10(2)13(14)16/h3-7,9-10H,8H2,1-2H3/t9-,10-/m0/s1. The van der Waals surface area contributed by atoms with E-state index in [4.69, 9.17) is 4.74 Å². The van der Waals surface area contributed by atoms with Crippen molar-refractivity contribution in [2.45, 2.75) is 26.0 Å². The van der Waals surface area contributed by atoms with Gasteiger partial charge in [0.2, 0.25) is 0 Å². The Bertz CT molecular complexity index is 430. The number of carbonyl (C=O) groups excluding carboxylic acids is 2. The van der Waals surface area contributed by atoms with Gasteiger partial charge in [0, 0.05) is 0 Å². The first-order valence-corrected chi connectivity index (χ1v) is 5.64. The molecule has 1 aliphatic rings. The fraction of sp³-hybridized carbons (Fsp3) is 0.385. The van der Waals surface area contributed by atoms with Gasteiger partial charge >= 0.3 is 5.97 Å². The molecule has 0 saturated carbocycles. The van der Waals surface area contributed by atoms with E-state index in [1.807, 2.05) is 37.3 Å². The molecule has 0 N–H and O–H groups in total. The van der Waals surface area contributed by atoms with Crippen LogP contribution in [-0.2, 0) is 14.3 Å². The van der Waals surface area contributed by atoms with Gasteiger partial charge in [0.15, 0.2) is 6.10 Å². The molecule has 1 aliphatic heterocycles. The van der Waals surface area contributed by atoms with Crippen LogP contribution in [0.2, 0.25) is 0 Å². The Morgan fingerprint density at radius 2 is 1.94 bits per heavy atom. The highest BCUT2D eigenvalue weighted by molar-refractivity contribution is 5.90. The van der Waals surface area contributed by atoms with Crippen LogP contribution >= 0.6 is 0 Å². The number of hydrogen-bond donors (Lipinski definition) is 0. The van der Waals surface area contributed by atoms with E-state index in [1.165, 1.54) is 0 Å². The number of amides is 1. The van der Waals surface area contributed by atoms with Gasteiger partial charge in [0.05, 0.1) is 6.04 Å². The summed E-state index contributed by atoms with van der Waals surface area (Å²) in [5, 5.41) is 0. The fourth-order valence-electron chi connectivity index (χ4n) is 1.97. The number of rotatable bonds is 2. The van der Waals surface area contributed by atoms with E-state index in [-0.39, 0.29) is 24.5 Å². The van der Waals surface area contributed by atoms with E-state index in [9.17, 15) is 9.59 Å². The molecule has 1 aromatic rings. The van der Waals surface area contributed by atoms with Crippen molar-refractivity contribution in [3.63, 3.8) is 0 Å². The van der Waals surface area contributed by atoms with Crippen LogP contribution in [0.4, 0.5) is 0 Å². The molecule has 0 radical (unpaired) electrons. The van der Waals surface area contributed by atoms with Crippen LogP contribution in [0.15, 0.2) is 30.3 Å². The molecule has 0 aromatic heterocycles. The Labute approximate surface area is 100 Å². The SMILES string of the molecule is C[C@@H]1OC(=O)CN([C@@H](C)c2ccccc2)C1=O. The molecule has 1 saturated heterocycles. The molecule has 1 aromatic carbocycles. The molecule has 0 spiro atoms. The highest BCUT2D eigenvalue weighted by atomic mass is 16.6. The summed E-state index contributed by atoms with van der Waals surface area (Å²) < 4.78 is 4.88. The van der Waals surface area contributed by atoms with Crippen LogP contribution in [0.5, 0.6) is 0 Å². The van der Waals surface area contributed by atoms with E-state index in [2.05, 4.69) is 0 Å². The molecule has 0 unspecified atom stereocenters. The number of morpholine rings is 1. The normalized spacial score (nSPS) is 22.2. The van der Waals surface area contributed by atoms with Gasteiger partial charge in [-0.15, -0.1) is 0 Å². The second kappa shape index (κ2) is 4.57. The molecule has 2 rings (SSSR count). The molecular formula is C13H15NO3. The van der Waals surface area contributed by atoms with Gasteiger partial charge in [-0.3, -0.25) is 9.59 Å². The van der Waals surface area contributed by atoms with E-state index < -0.39 is 6.10 Å². The predicted octanol–water partition coefficient (Wildman–Crippen LogP) is 1.52. The Balaban J connectivity index is 2.21. The third-order valence-corrected chi connectivity index (χ3v) is 2.99. The Morgan fingerprint density at radius 3 is 2.59 bits per heavy atom. The summed E-state index contributed by atoms with van der Waals surface area (Å²) >= 11 is 0. The van der Waals surface area contributed by atoms with Crippen LogP contribution in [-0.4, -0.2) is 29.4 Å². The van der Waals surface area contributed by atoms with Gasteiger partial charge in [0.1, 0.15) is 6.54 Å². The minimum absolute atomic E-state index is 0.0270. The number of benzene rings is 1. The number of ether oxygens (including phenoxy) is 1. The van der Waals surface area contributed by atoms with Crippen molar-refractivity contribution in [3.05, 3.63) is 35.9 Å². The van der Waals surface area contributed by atoms with Crippen molar-refractivity contribution in [1.82, 2.24) is 4.90 Å². The average Bonchev–Trinajstić information content (AvgIpc) is 2.34. The maximum Gasteiger partial charge on any atom is 0.326 e. The predicted molar refractivity (Wildman–Crippen MR) is 62.1 cm³/mol. The zero-order valence-corrected chi connectivity index (χ0v) is 9.92. The lowest BCUT2D eigenvalue weighted by molar-refractivity contribution is -0.172. The lowest BCUT2D eigenvalue weighted by atomic mass is 10.1. The second-order valence-electron chi connectivity index (χ2n) is 4.18. The zero-order chi connectivity index (χ0) is 12.4. The molecule has 90 valence electrons. The number of nitrogens with zero attached hydrogens (tertiary/aromatic N) is 1. The van der Waals surface area contributed by atoms with Crippen LogP contribution < -0.4 is 0 Å². The number of esters is 1. The smallest absolute Gasteiger partial charge is 0.326 e. The van der Waals surface area contributed by atoms with Crippen molar-refractivity contribution in [2.24, 2.45) is 0 Å². The molecule has 0 bridgehead atoms. The van der Waals surface area contributed by atoms with Crippen molar-refractivity contribution in [1.29, 1.82) is 0 Å². The Kier molecular flexibility index (Phi) is 3.13. The molecule has 1 amide bonds. The van der Waals surface area contributed by atoms with Crippen molar-refractivity contribution >= 4 is 11.9 Å². The molecule has 4 nitrogen and oxygen atoms in total. The first-order chi connectivity index (χ1) is 8.09. The van der Waals surface area contributed by atoms with Crippen LogP contribution in [0.25, 0.3) is 0 Å². The van der Waals surface area contributed by atoms with Gasteiger partial charge in [-0.2, -0.15) is 0 Å². The second-order valence-corrected chi connectivity index (χ2v) is 4.18. The van der Waals surface area contributed by atoms with E-state index in [1.54, 1.807) is 11.8 Å². The molecule has 1 fully saturated rings. The van der Waals surface area contributed by atoms with E-state index >= 15 is 0 Å². The average molecular weight is 233 g/mol.